The van der Waals surface area contributed by atoms with Gasteiger partial charge in [0.25, 0.3) is 5.91 Å². The van der Waals surface area contributed by atoms with Gasteiger partial charge in [-0.3, -0.25) is 4.79 Å². The standard InChI is InChI=1S/C8H15FN2O3/c9-5-7(12)11-6(8(13)14)3-1-2-4-10/h6H,1-5,10H2,(H,11,12)(H,13,14). The maximum atomic E-state index is 11.8. The fourth-order valence-electron chi connectivity index (χ4n) is 0.983. The second-order valence-electron chi connectivity index (χ2n) is 2.88. The van der Waals surface area contributed by atoms with Crippen LogP contribution in [0.1, 0.15) is 19.3 Å². The van der Waals surface area contributed by atoms with Gasteiger partial charge in [0, 0.05) is 0 Å². The fourth-order valence-corrected chi connectivity index (χ4v) is 0.983. The quantitative estimate of drug-likeness (QED) is 0.496. The van der Waals surface area contributed by atoms with E-state index in [0.29, 0.717) is 19.4 Å². The van der Waals surface area contributed by atoms with Crippen molar-refractivity contribution in [3.05, 3.63) is 0 Å². The molecule has 0 aromatic carbocycles. The van der Waals surface area contributed by atoms with E-state index in [2.05, 4.69) is 5.32 Å². The molecule has 0 aliphatic rings. The third kappa shape index (κ3) is 5.47. The first kappa shape index (κ1) is 12.8. The lowest BCUT2D eigenvalue weighted by molar-refractivity contribution is -0.142. The topological polar surface area (TPSA) is 92.4 Å². The summed E-state index contributed by atoms with van der Waals surface area (Å²) in [5.74, 6) is -2.05. The highest BCUT2D eigenvalue weighted by atomic mass is 19.1. The lowest BCUT2D eigenvalue weighted by atomic mass is 10.1. The highest BCUT2D eigenvalue weighted by molar-refractivity contribution is 5.84. The monoisotopic (exact) mass is 206 g/mol. The molecule has 0 rings (SSSR count). The first-order valence-corrected chi connectivity index (χ1v) is 4.40. The van der Waals surface area contributed by atoms with E-state index in [4.69, 9.17) is 10.8 Å². The number of nitrogens with two attached hydrogens (primary N) is 1. The molecule has 1 amide bonds. The summed E-state index contributed by atoms with van der Waals surface area (Å²) >= 11 is 0. The van der Waals surface area contributed by atoms with Crippen molar-refractivity contribution < 1.29 is 19.1 Å². The van der Waals surface area contributed by atoms with Gasteiger partial charge < -0.3 is 16.2 Å². The van der Waals surface area contributed by atoms with Crippen molar-refractivity contribution in [2.24, 2.45) is 5.73 Å². The van der Waals surface area contributed by atoms with Gasteiger partial charge in [0.15, 0.2) is 6.67 Å². The Morgan fingerprint density at radius 2 is 2.07 bits per heavy atom. The summed E-state index contributed by atoms with van der Waals surface area (Å²) in [6, 6.07) is -1.01. The van der Waals surface area contributed by atoms with Gasteiger partial charge in [-0.15, -0.1) is 0 Å². The van der Waals surface area contributed by atoms with Crippen molar-refractivity contribution in [3.8, 4) is 0 Å². The van der Waals surface area contributed by atoms with E-state index in [9.17, 15) is 14.0 Å². The number of halogens is 1. The summed E-state index contributed by atoms with van der Waals surface area (Å²) in [5.41, 5.74) is 5.22. The number of carbonyl (C=O) groups is 2. The zero-order valence-corrected chi connectivity index (χ0v) is 7.83. The number of unbranched alkanes of at least 4 members (excludes halogenated alkanes) is 1. The van der Waals surface area contributed by atoms with Crippen molar-refractivity contribution in [1.29, 1.82) is 0 Å². The Labute approximate surface area is 81.5 Å². The summed E-state index contributed by atoms with van der Waals surface area (Å²) in [5, 5.41) is 10.7. The number of hydrogen-bond donors (Lipinski definition) is 3. The molecular formula is C8H15FN2O3. The minimum absolute atomic E-state index is 0.276. The van der Waals surface area contributed by atoms with Gasteiger partial charge >= 0.3 is 5.97 Å². The van der Waals surface area contributed by atoms with Crippen molar-refractivity contribution in [2.45, 2.75) is 25.3 Å². The van der Waals surface area contributed by atoms with Crippen LogP contribution in [0.25, 0.3) is 0 Å². The van der Waals surface area contributed by atoms with Crippen LogP contribution in [-0.4, -0.2) is 36.2 Å². The van der Waals surface area contributed by atoms with E-state index >= 15 is 0 Å². The largest absolute Gasteiger partial charge is 0.480 e. The van der Waals surface area contributed by atoms with E-state index in [1.807, 2.05) is 0 Å². The Morgan fingerprint density at radius 3 is 2.50 bits per heavy atom. The number of hydrogen-bond acceptors (Lipinski definition) is 3. The Morgan fingerprint density at radius 1 is 1.43 bits per heavy atom. The van der Waals surface area contributed by atoms with Crippen LogP contribution in [0, 0.1) is 0 Å². The number of carboxylic acids is 1. The summed E-state index contributed by atoms with van der Waals surface area (Å²) in [4.78, 5) is 21.2. The van der Waals surface area contributed by atoms with E-state index in [-0.39, 0.29) is 6.42 Å². The summed E-state index contributed by atoms with van der Waals surface area (Å²) in [7, 11) is 0. The third-order valence-corrected chi connectivity index (χ3v) is 1.70. The Kier molecular flexibility index (Phi) is 6.65. The molecule has 0 bridgehead atoms. The molecule has 0 aliphatic carbocycles. The number of carboxylic acid groups (broad SMARTS) is 1. The zero-order valence-electron chi connectivity index (χ0n) is 7.83. The number of nitrogens with one attached hydrogen (secondary N) is 1. The second kappa shape index (κ2) is 7.25. The van der Waals surface area contributed by atoms with Crippen molar-refractivity contribution in [1.82, 2.24) is 5.32 Å². The molecule has 82 valence electrons. The van der Waals surface area contributed by atoms with Gasteiger partial charge in [-0.1, -0.05) is 0 Å². The van der Waals surface area contributed by atoms with Crippen molar-refractivity contribution >= 4 is 11.9 Å². The molecule has 0 saturated carbocycles. The van der Waals surface area contributed by atoms with Gasteiger partial charge in [0.2, 0.25) is 0 Å². The smallest absolute Gasteiger partial charge is 0.326 e. The van der Waals surface area contributed by atoms with Crippen LogP contribution in [0.5, 0.6) is 0 Å². The minimum atomic E-state index is -1.19. The molecular weight excluding hydrogens is 191 g/mol. The maximum Gasteiger partial charge on any atom is 0.326 e. The normalized spacial score (nSPS) is 12.1. The predicted molar refractivity (Wildman–Crippen MR) is 48.4 cm³/mol. The molecule has 0 aliphatic heterocycles. The van der Waals surface area contributed by atoms with Crippen LogP contribution in [0.3, 0.4) is 0 Å². The third-order valence-electron chi connectivity index (χ3n) is 1.70. The van der Waals surface area contributed by atoms with E-state index in [0.717, 1.165) is 0 Å². The number of aliphatic carboxylic acids is 1. The predicted octanol–water partition coefficient (Wildman–Crippen LogP) is -0.346. The lowest BCUT2D eigenvalue weighted by Gasteiger charge is -2.12. The Bertz CT molecular complexity index is 199. The summed E-state index contributed by atoms with van der Waals surface area (Å²) in [6.07, 6.45) is 1.56. The highest BCUT2D eigenvalue weighted by Crippen LogP contribution is 2.00. The van der Waals surface area contributed by atoms with Crippen LogP contribution in [0.4, 0.5) is 4.39 Å². The molecule has 0 aromatic rings. The highest BCUT2D eigenvalue weighted by Gasteiger charge is 2.18. The van der Waals surface area contributed by atoms with Gasteiger partial charge in [-0.25, -0.2) is 9.18 Å². The van der Waals surface area contributed by atoms with Gasteiger partial charge in [0.05, 0.1) is 0 Å². The van der Waals surface area contributed by atoms with Gasteiger partial charge in [0.1, 0.15) is 6.04 Å². The molecule has 1 unspecified atom stereocenters. The second-order valence-corrected chi connectivity index (χ2v) is 2.88. The average Bonchev–Trinajstić information content (AvgIpc) is 2.16. The van der Waals surface area contributed by atoms with E-state index in [1.165, 1.54) is 0 Å². The molecule has 0 saturated heterocycles. The Balaban J connectivity index is 3.90. The number of carbonyl (C=O) groups excluding carboxylic acids is 1. The molecule has 0 spiro atoms. The molecule has 0 radical (unpaired) electrons. The number of alkyl halides is 1. The first-order chi connectivity index (χ1) is 6.61. The molecule has 5 nitrogen and oxygen atoms in total. The van der Waals surface area contributed by atoms with E-state index in [1.54, 1.807) is 0 Å². The molecule has 14 heavy (non-hydrogen) atoms. The van der Waals surface area contributed by atoms with Crippen LogP contribution >= 0.6 is 0 Å². The summed E-state index contributed by atoms with van der Waals surface area (Å²) < 4.78 is 11.8. The van der Waals surface area contributed by atoms with Crippen LogP contribution in [0.2, 0.25) is 0 Å². The first-order valence-electron chi connectivity index (χ1n) is 4.40. The molecule has 0 heterocycles. The van der Waals surface area contributed by atoms with Gasteiger partial charge in [-0.05, 0) is 25.8 Å². The molecule has 4 N–H and O–H groups in total. The SMILES string of the molecule is NCCCCC(NC(=O)CF)C(=O)O. The lowest BCUT2D eigenvalue weighted by Crippen LogP contribution is -2.41. The van der Waals surface area contributed by atoms with E-state index < -0.39 is 24.6 Å². The van der Waals surface area contributed by atoms with Crippen LogP contribution < -0.4 is 11.1 Å². The molecule has 0 aromatic heterocycles. The number of rotatable bonds is 7. The molecule has 6 heteroatoms. The zero-order chi connectivity index (χ0) is 11.0. The number of amides is 1. The maximum absolute atomic E-state index is 11.8. The fraction of sp³-hybridized carbons (Fsp3) is 0.750. The molecule has 0 fully saturated rings. The summed E-state index contributed by atoms with van der Waals surface area (Å²) in [6.45, 7) is -0.718. The van der Waals surface area contributed by atoms with Gasteiger partial charge in [-0.2, -0.15) is 0 Å². The average molecular weight is 206 g/mol. The van der Waals surface area contributed by atoms with Crippen molar-refractivity contribution in [2.75, 3.05) is 13.2 Å². The van der Waals surface area contributed by atoms with Crippen molar-refractivity contribution in [3.63, 3.8) is 0 Å². The van der Waals surface area contributed by atoms with Crippen LogP contribution in [-0.2, 0) is 9.59 Å². The minimum Gasteiger partial charge on any atom is -0.480 e. The Hall–Kier alpha value is -1.17. The molecule has 1 atom stereocenters. The van der Waals surface area contributed by atoms with Crippen LogP contribution in [0.15, 0.2) is 0 Å².